The SMILES string of the molecule is CCNS(=O)(=O)c1ccc(C(=O)N2CCCC2c2ccc3c(c2)OCCO3)cc1. The fraction of sp³-hybridized carbons (Fsp3) is 0.381. The summed E-state index contributed by atoms with van der Waals surface area (Å²) in [5, 5.41) is 0. The molecule has 2 aromatic carbocycles. The molecule has 1 amide bonds. The van der Waals surface area contributed by atoms with Crippen molar-refractivity contribution in [3.05, 3.63) is 53.6 Å². The molecule has 154 valence electrons. The molecule has 1 unspecified atom stereocenters. The number of nitrogens with one attached hydrogen (secondary N) is 1. The fourth-order valence-corrected chi connectivity index (χ4v) is 4.88. The number of nitrogens with zero attached hydrogens (tertiary/aromatic N) is 1. The number of sulfonamides is 1. The highest BCUT2D eigenvalue weighted by molar-refractivity contribution is 7.89. The number of ether oxygens (including phenoxy) is 2. The topological polar surface area (TPSA) is 84.9 Å². The van der Waals surface area contributed by atoms with Crippen molar-refractivity contribution in [3.8, 4) is 11.5 Å². The lowest BCUT2D eigenvalue weighted by atomic mass is 10.0. The first-order valence-corrected chi connectivity index (χ1v) is 11.3. The Labute approximate surface area is 170 Å². The molecule has 8 heteroatoms. The van der Waals surface area contributed by atoms with Crippen molar-refractivity contribution in [3.63, 3.8) is 0 Å². The summed E-state index contributed by atoms with van der Waals surface area (Å²) in [4.78, 5) is 15.1. The molecule has 0 saturated carbocycles. The zero-order chi connectivity index (χ0) is 20.4. The molecule has 1 saturated heterocycles. The largest absolute Gasteiger partial charge is 0.486 e. The maximum absolute atomic E-state index is 13.1. The van der Waals surface area contributed by atoms with E-state index in [0.29, 0.717) is 37.6 Å². The van der Waals surface area contributed by atoms with Crippen LogP contribution in [-0.2, 0) is 10.0 Å². The van der Waals surface area contributed by atoms with Gasteiger partial charge in [0.15, 0.2) is 11.5 Å². The average Bonchev–Trinajstić information content (AvgIpc) is 3.23. The summed E-state index contributed by atoms with van der Waals surface area (Å²) >= 11 is 0. The van der Waals surface area contributed by atoms with Gasteiger partial charge in [0.2, 0.25) is 10.0 Å². The number of carbonyl (C=O) groups excluding carboxylic acids is 1. The van der Waals surface area contributed by atoms with Crippen molar-refractivity contribution in [1.29, 1.82) is 0 Å². The van der Waals surface area contributed by atoms with Gasteiger partial charge in [-0.3, -0.25) is 4.79 Å². The third kappa shape index (κ3) is 3.95. The quantitative estimate of drug-likeness (QED) is 0.810. The van der Waals surface area contributed by atoms with E-state index in [0.717, 1.165) is 24.2 Å². The van der Waals surface area contributed by atoms with Crippen molar-refractivity contribution in [1.82, 2.24) is 9.62 Å². The minimum Gasteiger partial charge on any atom is -0.486 e. The maximum Gasteiger partial charge on any atom is 0.254 e. The number of fused-ring (bicyclic) bond motifs is 1. The van der Waals surface area contributed by atoms with E-state index in [1.165, 1.54) is 12.1 Å². The highest BCUT2D eigenvalue weighted by atomic mass is 32.2. The molecular formula is C21H24N2O5S. The lowest BCUT2D eigenvalue weighted by Crippen LogP contribution is -2.30. The minimum absolute atomic E-state index is 0.0384. The predicted octanol–water partition coefficient (Wildman–Crippen LogP) is 2.73. The van der Waals surface area contributed by atoms with Gasteiger partial charge in [0.1, 0.15) is 13.2 Å². The minimum atomic E-state index is -3.54. The second-order valence-corrected chi connectivity index (χ2v) is 8.85. The van der Waals surface area contributed by atoms with Gasteiger partial charge in [-0.2, -0.15) is 0 Å². The normalized spacial score (nSPS) is 18.7. The average molecular weight is 416 g/mol. The predicted molar refractivity (Wildman–Crippen MR) is 108 cm³/mol. The summed E-state index contributed by atoms with van der Waals surface area (Å²) < 4.78 is 37.9. The van der Waals surface area contributed by atoms with Crippen LogP contribution in [0.1, 0.15) is 41.7 Å². The van der Waals surface area contributed by atoms with Crippen LogP contribution < -0.4 is 14.2 Å². The van der Waals surface area contributed by atoms with Crippen molar-refractivity contribution in [2.75, 3.05) is 26.3 Å². The number of benzene rings is 2. The van der Waals surface area contributed by atoms with Gasteiger partial charge in [0.05, 0.1) is 10.9 Å². The van der Waals surface area contributed by atoms with E-state index in [4.69, 9.17) is 9.47 Å². The molecule has 4 rings (SSSR count). The lowest BCUT2D eigenvalue weighted by Gasteiger charge is -2.27. The van der Waals surface area contributed by atoms with Gasteiger partial charge in [0, 0.05) is 18.7 Å². The number of hydrogen-bond donors (Lipinski definition) is 1. The van der Waals surface area contributed by atoms with Crippen LogP contribution in [0.2, 0.25) is 0 Å². The molecule has 7 nitrogen and oxygen atoms in total. The molecule has 1 atom stereocenters. The van der Waals surface area contributed by atoms with Crippen molar-refractivity contribution < 1.29 is 22.7 Å². The highest BCUT2D eigenvalue weighted by Crippen LogP contribution is 2.38. The molecule has 2 aliphatic rings. The van der Waals surface area contributed by atoms with Crippen molar-refractivity contribution in [2.24, 2.45) is 0 Å². The molecule has 2 heterocycles. The summed E-state index contributed by atoms with van der Waals surface area (Å²) in [6.45, 7) is 3.76. The van der Waals surface area contributed by atoms with E-state index in [2.05, 4.69) is 4.72 Å². The first-order valence-electron chi connectivity index (χ1n) is 9.80. The maximum atomic E-state index is 13.1. The number of rotatable bonds is 5. The van der Waals surface area contributed by atoms with E-state index < -0.39 is 10.0 Å². The number of likely N-dealkylation sites (tertiary alicyclic amines) is 1. The van der Waals surface area contributed by atoms with Crippen LogP contribution in [0.3, 0.4) is 0 Å². The third-order valence-corrected chi connectivity index (χ3v) is 6.77. The lowest BCUT2D eigenvalue weighted by molar-refractivity contribution is 0.0735. The highest BCUT2D eigenvalue weighted by Gasteiger charge is 2.31. The Morgan fingerprint density at radius 1 is 1.10 bits per heavy atom. The zero-order valence-corrected chi connectivity index (χ0v) is 17.1. The summed E-state index contributed by atoms with van der Waals surface area (Å²) in [5.74, 6) is 1.34. The van der Waals surface area contributed by atoms with Gasteiger partial charge in [0.25, 0.3) is 5.91 Å². The van der Waals surface area contributed by atoms with E-state index in [1.807, 2.05) is 23.1 Å². The molecule has 0 aromatic heterocycles. The van der Waals surface area contributed by atoms with Gasteiger partial charge in [-0.05, 0) is 54.8 Å². The van der Waals surface area contributed by atoms with Crippen LogP contribution in [0, 0.1) is 0 Å². The Balaban J connectivity index is 1.55. The Hall–Kier alpha value is -2.58. The van der Waals surface area contributed by atoms with Crippen LogP contribution >= 0.6 is 0 Å². The van der Waals surface area contributed by atoms with E-state index in [1.54, 1.807) is 19.1 Å². The Morgan fingerprint density at radius 2 is 1.83 bits per heavy atom. The molecule has 2 aliphatic heterocycles. The van der Waals surface area contributed by atoms with Crippen LogP contribution in [0.25, 0.3) is 0 Å². The first kappa shape index (κ1) is 19.7. The molecule has 0 bridgehead atoms. The van der Waals surface area contributed by atoms with E-state index >= 15 is 0 Å². The molecule has 2 aromatic rings. The van der Waals surface area contributed by atoms with E-state index in [-0.39, 0.29) is 16.8 Å². The molecule has 29 heavy (non-hydrogen) atoms. The van der Waals surface area contributed by atoms with Gasteiger partial charge in [-0.1, -0.05) is 13.0 Å². The second-order valence-electron chi connectivity index (χ2n) is 7.09. The Morgan fingerprint density at radius 3 is 2.55 bits per heavy atom. The standard InChI is InChI=1S/C21H24N2O5S/c1-2-22-29(25,26)17-8-5-15(6-9-17)21(24)23-11-3-4-18(23)16-7-10-19-20(14-16)28-13-12-27-19/h5-10,14,18,22H,2-4,11-13H2,1H3. The van der Waals surface area contributed by atoms with E-state index in [9.17, 15) is 13.2 Å². The zero-order valence-electron chi connectivity index (χ0n) is 16.3. The molecule has 0 aliphatic carbocycles. The Bertz CT molecular complexity index is 1000. The molecule has 1 N–H and O–H groups in total. The summed E-state index contributed by atoms with van der Waals surface area (Å²) in [6.07, 6.45) is 1.79. The van der Waals surface area contributed by atoms with Crippen LogP contribution in [0.4, 0.5) is 0 Å². The van der Waals surface area contributed by atoms with Crippen molar-refractivity contribution in [2.45, 2.75) is 30.7 Å². The van der Waals surface area contributed by atoms with Gasteiger partial charge >= 0.3 is 0 Å². The summed E-state index contributed by atoms with van der Waals surface area (Å²) in [7, 11) is -3.54. The molecular weight excluding hydrogens is 392 g/mol. The van der Waals surface area contributed by atoms with Gasteiger partial charge in [-0.25, -0.2) is 13.1 Å². The molecule has 0 radical (unpaired) electrons. The van der Waals surface area contributed by atoms with Gasteiger partial charge < -0.3 is 14.4 Å². The molecule has 1 fully saturated rings. The second kappa shape index (κ2) is 8.04. The van der Waals surface area contributed by atoms with Crippen LogP contribution in [-0.4, -0.2) is 45.5 Å². The van der Waals surface area contributed by atoms with Crippen LogP contribution in [0.5, 0.6) is 11.5 Å². The Kier molecular flexibility index (Phi) is 5.47. The summed E-state index contributed by atoms with van der Waals surface area (Å²) in [5.41, 5.74) is 1.50. The van der Waals surface area contributed by atoms with Crippen LogP contribution in [0.15, 0.2) is 47.4 Å². The van der Waals surface area contributed by atoms with Gasteiger partial charge in [-0.15, -0.1) is 0 Å². The number of amides is 1. The smallest absolute Gasteiger partial charge is 0.254 e. The fourth-order valence-electron chi connectivity index (χ4n) is 3.84. The number of carbonyl (C=O) groups is 1. The molecule has 0 spiro atoms. The monoisotopic (exact) mass is 416 g/mol. The summed E-state index contributed by atoms with van der Waals surface area (Å²) in [6, 6.07) is 11.9. The third-order valence-electron chi connectivity index (χ3n) is 5.21. The number of hydrogen-bond acceptors (Lipinski definition) is 5. The van der Waals surface area contributed by atoms with Crippen molar-refractivity contribution >= 4 is 15.9 Å². The first-order chi connectivity index (χ1) is 14.0.